The van der Waals surface area contributed by atoms with Crippen LogP contribution in [0.2, 0.25) is 0 Å². The van der Waals surface area contributed by atoms with Crippen LogP contribution >= 0.6 is 0 Å². The molecule has 0 unspecified atom stereocenters. The first kappa shape index (κ1) is 17.7. The second-order valence-electron chi connectivity index (χ2n) is 5.61. The van der Waals surface area contributed by atoms with Crippen molar-refractivity contribution in [3.8, 4) is 0 Å². The Kier molecular flexibility index (Phi) is 12.9. The zero-order valence-corrected chi connectivity index (χ0v) is 13.0. The van der Waals surface area contributed by atoms with Gasteiger partial charge in [-0.15, -0.1) is 0 Å². The monoisotopic (exact) mass is 254 g/mol. The third-order valence-corrected chi connectivity index (χ3v) is 3.76. The summed E-state index contributed by atoms with van der Waals surface area (Å²) in [6.45, 7) is 6.62. The first-order valence-corrected chi connectivity index (χ1v) is 8.28. The van der Waals surface area contributed by atoms with E-state index in [1.54, 1.807) is 0 Å². The number of carbonyl (C=O) groups excluding carboxylic acids is 1. The zero-order chi connectivity index (χ0) is 13.6. The van der Waals surface area contributed by atoms with Gasteiger partial charge in [0.2, 0.25) is 0 Å². The van der Waals surface area contributed by atoms with Crippen LogP contribution in [0.4, 0.5) is 0 Å². The number of ketones is 1. The Labute approximate surface area is 115 Å². The normalized spacial score (nSPS) is 11.1. The highest BCUT2D eigenvalue weighted by molar-refractivity contribution is 5.80. The zero-order valence-electron chi connectivity index (χ0n) is 13.0. The van der Waals surface area contributed by atoms with E-state index in [2.05, 4.69) is 20.8 Å². The van der Waals surface area contributed by atoms with Gasteiger partial charge >= 0.3 is 0 Å². The van der Waals surface area contributed by atoms with E-state index in [4.69, 9.17) is 0 Å². The van der Waals surface area contributed by atoms with Crippen LogP contribution in [0, 0.1) is 5.92 Å². The lowest BCUT2D eigenvalue weighted by Gasteiger charge is -2.13. The molecule has 0 fully saturated rings. The van der Waals surface area contributed by atoms with Crippen LogP contribution in [-0.4, -0.2) is 5.78 Å². The summed E-state index contributed by atoms with van der Waals surface area (Å²) in [5.41, 5.74) is 0. The standard InChI is InChI=1S/C17H34O/c1-4-7-8-9-10-11-12-15-17(18)16(13-5-2)14-6-3/h16H,4-15H2,1-3H3. The smallest absolute Gasteiger partial charge is 0.135 e. The molecule has 0 aliphatic rings. The fourth-order valence-corrected chi connectivity index (χ4v) is 2.62. The molecule has 0 radical (unpaired) electrons. The minimum atomic E-state index is 0.361. The van der Waals surface area contributed by atoms with Gasteiger partial charge in [-0.3, -0.25) is 4.79 Å². The summed E-state index contributed by atoms with van der Waals surface area (Å²) in [5, 5.41) is 0. The van der Waals surface area contributed by atoms with Gasteiger partial charge in [0.1, 0.15) is 5.78 Å². The van der Waals surface area contributed by atoms with Gasteiger partial charge in [-0.1, -0.05) is 72.1 Å². The van der Waals surface area contributed by atoms with E-state index in [0.717, 1.165) is 38.5 Å². The summed E-state index contributed by atoms with van der Waals surface area (Å²) < 4.78 is 0. The maximum Gasteiger partial charge on any atom is 0.135 e. The molecule has 1 heteroatoms. The van der Waals surface area contributed by atoms with Gasteiger partial charge in [-0.2, -0.15) is 0 Å². The number of unbranched alkanes of at least 4 members (excludes halogenated alkanes) is 6. The molecule has 0 bridgehead atoms. The van der Waals surface area contributed by atoms with Crippen molar-refractivity contribution in [2.24, 2.45) is 5.92 Å². The predicted octanol–water partition coefficient (Wildman–Crippen LogP) is 5.91. The highest BCUT2D eigenvalue weighted by Gasteiger charge is 2.15. The van der Waals surface area contributed by atoms with Gasteiger partial charge in [-0.25, -0.2) is 0 Å². The van der Waals surface area contributed by atoms with Crippen LogP contribution in [0.1, 0.15) is 97.8 Å². The molecule has 0 aliphatic heterocycles. The fraction of sp³-hybridized carbons (Fsp3) is 0.941. The quantitative estimate of drug-likeness (QED) is 0.373. The van der Waals surface area contributed by atoms with Crippen molar-refractivity contribution in [1.29, 1.82) is 0 Å². The van der Waals surface area contributed by atoms with Crippen LogP contribution in [-0.2, 0) is 4.79 Å². The lowest BCUT2D eigenvalue weighted by atomic mass is 9.91. The van der Waals surface area contributed by atoms with E-state index in [-0.39, 0.29) is 0 Å². The Morgan fingerprint density at radius 2 is 1.22 bits per heavy atom. The predicted molar refractivity (Wildman–Crippen MR) is 80.9 cm³/mol. The number of hydrogen-bond donors (Lipinski definition) is 0. The number of hydrogen-bond acceptors (Lipinski definition) is 1. The topological polar surface area (TPSA) is 17.1 Å². The molecule has 18 heavy (non-hydrogen) atoms. The average Bonchev–Trinajstić information content (AvgIpc) is 2.37. The highest BCUT2D eigenvalue weighted by atomic mass is 16.1. The summed E-state index contributed by atoms with van der Waals surface area (Å²) >= 11 is 0. The van der Waals surface area contributed by atoms with Gasteiger partial charge in [0.15, 0.2) is 0 Å². The molecule has 0 spiro atoms. The lowest BCUT2D eigenvalue weighted by Crippen LogP contribution is -2.14. The number of rotatable bonds is 13. The Morgan fingerprint density at radius 3 is 1.72 bits per heavy atom. The Bertz CT molecular complexity index is 180. The molecule has 1 nitrogen and oxygen atoms in total. The second-order valence-corrected chi connectivity index (χ2v) is 5.61. The van der Waals surface area contributed by atoms with Gasteiger partial charge in [0, 0.05) is 12.3 Å². The molecule has 0 heterocycles. The molecule has 0 saturated heterocycles. The van der Waals surface area contributed by atoms with E-state index in [1.165, 1.54) is 38.5 Å². The second kappa shape index (κ2) is 13.1. The molecular weight excluding hydrogens is 220 g/mol. The van der Waals surface area contributed by atoms with Crippen molar-refractivity contribution in [1.82, 2.24) is 0 Å². The average molecular weight is 254 g/mol. The Morgan fingerprint density at radius 1 is 0.722 bits per heavy atom. The summed E-state index contributed by atoms with van der Waals surface area (Å²) in [5.74, 6) is 0.896. The maximum atomic E-state index is 12.1. The fourth-order valence-electron chi connectivity index (χ4n) is 2.62. The van der Waals surface area contributed by atoms with Crippen molar-refractivity contribution in [2.45, 2.75) is 97.8 Å². The maximum absolute atomic E-state index is 12.1. The molecule has 0 atom stereocenters. The number of carbonyl (C=O) groups is 1. The molecular formula is C17H34O. The minimum absolute atomic E-state index is 0.361. The first-order chi connectivity index (χ1) is 8.76. The van der Waals surface area contributed by atoms with Crippen LogP contribution in [0.15, 0.2) is 0 Å². The molecule has 0 aromatic carbocycles. The van der Waals surface area contributed by atoms with Gasteiger partial charge in [0.05, 0.1) is 0 Å². The van der Waals surface area contributed by atoms with Gasteiger partial charge < -0.3 is 0 Å². The molecule has 0 aromatic heterocycles. The van der Waals surface area contributed by atoms with Crippen LogP contribution < -0.4 is 0 Å². The highest BCUT2D eigenvalue weighted by Crippen LogP contribution is 2.18. The van der Waals surface area contributed by atoms with E-state index in [0.29, 0.717) is 11.7 Å². The van der Waals surface area contributed by atoms with Crippen molar-refractivity contribution in [3.63, 3.8) is 0 Å². The van der Waals surface area contributed by atoms with E-state index in [1.807, 2.05) is 0 Å². The van der Waals surface area contributed by atoms with E-state index >= 15 is 0 Å². The summed E-state index contributed by atoms with van der Waals surface area (Å²) in [6, 6.07) is 0. The molecule has 0 amide bonds. The number of Topliss-reactive ketones (excluding diaryl/α,β-unsaturated/α-hetero) is 1. The summed E-state index contributed by atoms with van der Waals surface area (Å²) in [7, 11) is 0. The van der Waals surface area contributed by atoms with Crippen molar-refractivity contribution < 1.29 is 4.79 Å². The SMILES string of the molecule is CCCCCCCCCC(=O)C(CCC)CCC. The summed E-state index contributed by atoms with van der Waals surface area (Å²) in [6.07, 6.45) is 14.4. The molecule has 108 valence electrons. The molecule has 0 aromatic rings. The van der Waals surface area contributed by atoms with Crippen LogP contribution in [0.25, 0.3) is 0 Å². The van der Waals surface area contributed by atoms with Gasteiger partial charge in [-0.05, 0) is 19.3 Å². The van der Waals surface area contributed by atoms with Crippen molar-refractivity contribution in [3.05, 3.63) is 0 Å². The van der Waals surface area contributed by atoms with E-state index < -0.39 is 0 Å². The molecule has 0 saturated carbocycles. The molecule has 0 aliphatic carbocycles. The van der Waals surface area contributed by atoms with Crippen LogP contribution in [0.5, 0.6) is 0 Å². The molecule has 0 rings (SSSR count). The van der Waals surface area contributed by atoms with Crippen LogP contribution in [0.3, 0.4) is 0 Å². The lowest BCUT2D eigenvalue weighted by molar-refractivity contribution is -0.123. The Balaban J connectivity index is 3.54. The largest absolute Gasteiger partial charge is 0.299 e. The van der Waals surface area contributed by atoms with E-state index in [9.17, 15) is 4.79 Å². The third kappa shape index (κ3) is 9.67. The summed E-state index contributed by atoms with van der Waals surface area (Å²) in [4.78, 5) is 12.1. The third-order valence-electron chi connectivity index (χ3n) is 3.76. The van der Waals surface area contributed by atoms with Gasteiger partial charge in [0.25, 0.3) is 0 Å². The van der Waals surface area contributed by atoms with Crippen molar-refractivity contribution >= 4 is 5.78 Å². The Hall–Kier alpha value is -0.330. The van der Waals surface area contributed by atoms with Crippen molar-refractivity contribution in [2.75, 3.05) is 0 Å². The first-order valence-electron chi connectivity index (χ1n) is 8.28. The minimum Gasteiger partial charge on any atom is -0.299 e. The molecule has 0 N–H and O–H groups in total.